The Hall–Kier alpha value is -0.820. The standard InChI is InChI=1S/C10H8ClIN2O2/c1-16-10(15)5-8-7-3-2-6(11)4-9(7)14(12)13-8/h2-4H,5H2,1H3. The zero-order valence-electron chi connectivity index (χ0n) is 8.41. The molecular formula is C10H8ClIN2O2. The van der Waals surface area contributed by atoms with Crippen molar-refractivity contribution in [1.82, 2.24) is 7.99 Å². The van der Waals surface area contributed by atoms with E-state index in [1.807, 2.05) is 35.0 Å². The summed E-state index contributed by atoms with van der Waals surface area (Å²) in [6, 6.07) is 5.46. The third-order valence-electron chi connectivity index (χ3n) is 2.22. The van der Waals surface area contributed by atoms with Crippen LogP contribution in [-0.2, 0) is 16.0 Å². The van der Waals surface area contributed by atoms with E-state index >= 15 is 0 Å². The Morgan fingerprint density at radius 1 is 1.62 bits per heavy atom. The van der Waals surface area contributed by atoms with E-state index in [9.17, 15) is 4.79 Å². The highest BCUT2D eigenvalue weighted by Gasteiger charge is 2.13. The summed E-state index contributed by atoms with van der Waals surface area (Å²) in [5, 5.41) is 5.83. The SMILES string of the molecule is COC(=O)Cc1nn(I)c2cc(Cl)ccc12. The average Bonchev–Trinajstić information content (AvgIpc) is 2.55. The summed E-state index contributed by atoms with van der Waals surface area (Å²) in [5.41, 5.74) is 1.60. The third kappa shape index (κ3) is 2.15. The summed E-state index contributed by atoms with van der Waals surface area (Å²) in [7, 11) is 1.36. The number of aromatic nitrogens is 2. The number of fused-ring (bicyclic) bond motifs is 1. The van der Waals surface area contributed by atoms with Gasteiger partial charge >= 0.3 is 5.97 Å². The number of hydrogen-bond donors (Lipinski definition) is 0. The molecule has 1 aromatic heterocycles. The van der Waals surface area contributed by atoms with Crippen molar-refractivity contribution in [3.63, 3.8) is 0 Å². The minimum atomic E-state index is -0.300. The average molecular weight is 351 g/mol. The monoisotopic (exact) mass is 350 g/mol. The highest BCUT2D eigenvalue weighted by molar-refractivity contribution is 14.1. The van der Waals surface area contributed by atoms with Gasteiger partial charge in [-0.3, -0.25) is 4.79 Å². The van der Waals surface area contributed by atoms with Crippen LogP contribution in [0.15, 0.2) is 18.2 Å². The van der Waals surface area contributed by atoms with Crippen LogP contribution < -0.4 is 0 Å². The molecule has 0 unspecified atom stereocenters. The van der Waals surface area contributed by atoms with Gasteiger partial charge in [0.2, 0.25) is 0 Å². The second-order valence-corrected chi connectivity index (χ2v) is 4.57. The molecule has 84 valence electrons. The van der Waals surface area contributed by atoms with Gasteiger partial charge in [0.1, 0.15) is 0 Å². The number of hydrogen-bond acceptors (Lipinski definition) is 3. The Labute approximate surface area is 111 Å². The Morgan fingerprint density at radius 2 is 2.38 bits per heavy atom. The van der Waals surface area contributed by atoms with Gasteiger partial charge in [0, 0.05) is 10.4 Å². The summed E-state index contributed by atoms with van der Waals surface area (Å²) in [4.78, 5) is 11.2. The maximum atomic E-state index is 11.2. The van der Waals surface area contributed by atoms with E-state index in [0.29, 0.717) is 10.7 Å². The fraction of sp³-hybridized carbons (Fsp3) is 0.200. The zero-order chi connectivity index (χ0) is 11.7. The molecule has 4 nitrogen and oxygen atoms in total. The van der Waals surface area contributed by atoms with Crippen molar-refractivity contribution in [2.24, 2.45) is 0 Å². The Bertz CT molecular complexity index is 553. The molecule has 0 saturated carbocycles. The first kappa shape index (κ1) is 11.7. The quantitative estimate of drug-likeness (QED) is 0.618. The van der Waals surface area contributed by atoms with Gasteiger partial charge < -0.3 is 4.74 Å². The van der Waals surface area contributed by atoms with Crippen LogP contribution >= 0.6 is 34.5 Å². The molecule has 16 heavy (non-hydrogen) atoms. The predicted molar refractivity (Wildman–Crippen MR) is 69.9 cm³/mol. The van der Waals surface area contributed by atoms with Crippen molar-refractivity contribution in [2.45, 2.75) is 6.42 Å². The fourth-order valence-electron chi connectivity index (χ4n) is 1.45. The Kier molecular flexibility index (Phi) is 3.34. The van der Waals surface area contributed by atoms with Crippen LogP contribution in [-0.4, -0.2) is 21.1 Å². The van der Waals surface area contributed by atoms with Crippen LogP contribution in [0.5, 0.6) is 0 Å². The first-order chi connectivity index (χ1) is 7.61. The molecule has 2 aromatic rings. The molecule has 0 spiro atoms. The molecule has 0 radical (unpaired) electrons. The van der Waals surface area contributed by atoms with Crippen LogP contribution in [0.25, 0.3) is 10.9 Å². The molecular weight excluding hydrogens is 342 g/mol. The molecule has 0 aliphatic carbocycles. The molecule has 0 saturated heterocycles. The van der Waals surface area contributed by atoms with Gasteiger partial charge in [-0.05, 0) is 18.2 Å². The number of benzene rings is 1. The van der Waals surface area contributed by atoms with E-state index in [4.69, 9.17) is 11.6 Å². The maximum Gasteiger partial charge on any atom is 0.311 e. The van der Waals surface area contributed by atoms with Crippen molar-refractivity contribution in [1.29, 1.82) is 0 Å². The van der Waals surface area contributed by atoms with Gasteiger partial charge in [-0.15, -0.1) is 0 Å². The first-order valence-corrected chi connectivity index (χ1v) is 5.86. The minimum absolute atomic E-state index is 0.171. The van der Waals surface area contributed by atoms with Crippen LogP contribution in [0.2, 0.25) is 5.02 Å². The van der Waals surface area contributed by atoms with Crippen LogP contribution in [0.3, 0.4) is 0 Å². The second-order valence-electron chi connectivity index (χ2n) is 3.22. The number of nitrogens with zero attached hydrogens (tertiary/aromatic N) is 2. The third-order valence-corrected chi connectivity index (χ3v) is 3.19. The van der Waals surface area contributed by atoms with Gasteiger partial charge in [0.15, 0.2) is 0 Å². The number of halogens is 2. The van der Waals surface area contributed by atoms with E-state index in [1.165, 1.54) is 7.11 Å². The number of methoxy groups -OCH3 is 1. The smallest absolute Gasteiger partial charge is 0.311 e. The number of ether oxygens (including phenoxy) is 1. The van der Waals surface area contributed by atoms with E-state index in [-0.39, 0.29) is 12.4 Å². The van der Waals surface area contributed by atoms with Gasteiger partial charge in [0.25, 0.3) is 0 Å². The Balaban J connectivity index is 2.51. The largest absolute Gasteiger partial charge is 0.469 e. The number of rotatable bonds is 2. The topological polar surface area (TPSA) is 44.1 Å². The lowest BCUT2D eigenvalue weighted by Gasteiger charge is -1.96. The lowest BCUT2D eigenvalue weighted by Crippen LogP contribution is -2.05. The van der Waals surface area contributed by atoms with Crippen molar-refractivity contribution >= 4 is 51.3 Å². The molecule has 0 atom stereocenters. The molecule has 1 aromatic carbocycles. The van der Waals surface area contributed by atoms with Crippen LogP contribution in [0.1, 0.15) is 5.69 Å². The van der Waals surface area contributed by atoms with E-state index in [1.54, 1.807) is 8.96 Å². The molecule has 0 fully saturated rings. The van der Waals surface area contributed by atoms with E-state index < -0.39 is 0 Å². The van der Waals surface area contributed by atoms with Crippen molar-refractivity contribution < 1.29 is 9.53 Å². The predicted octanol–water partition coefficient (Wildman–Crippen LogP) is 2.60. The summed E-state index contributed by atoms with van der Waals surface area (Å²) in [6.45, 7) is 0. The molecule has 0 aliphatic rings. The van der Waals surface area contributed by atoms with Crippen LogP contribution in [0, 0.1) is 0 Å². The normalized spacial score (nSPS) is 10.7. The number of carbonyl (C=O) groups is 1. The minimum Gasteiger partial charge on any atom is -0.469 e. The highest BCUT2D eigenvalue weighted by atomic mass is 127. The van der Waals surface area contributed by atoms with E-state index in [2.05, 4.69) is 9.84 Å². The molecule has 6 heteroatoms. The zero-order valence-corrected chi connectivity index (χ0v) is 11.3. The molecule has 2 rings (SSSR count). The summed E-state index contributed by atoms with van der Waals surface area (Å²) >= 11 is 7.95. The van der Waals surface area contributed by atoms with Gasteiger partial charge in [-0.2, -0.15) is 5.10 Å². The van der Waals surface area contributed by atoms with Gasteiger partial charge in [-0.1, -0.05) is 11.6 Å². The molecule has 0 aliphatic heterocycles. The van der Waals surface area contributed by atoms with Gasteiger partial charge in [0.05, 0.1) is 47.6 Å². The molecule has 0 bridgehead atoms. The second kappa shape index (κ2) is 4.58. The van der Waals surface area contributed by atoms with Gasteiger partial charge in [-0.25, -0.2) is 2.90 Å². The lowest BCUT2D eigenvalue weighted by molar-refractivity contribution is -0.139. The first-order valence-electron chi connectivity index (χ1n) is 4.52. The highest BCUT2D eigenvalue weighted by Crippen LogP contribution is 2.24. The molecule has 1 heterocycles. The van der Waals surface area contributed by atoms with Crippen molar-refractivity contribution in [3.05, 3.63) is 28.9 Å². The molecule has 0 N–H and O–H groups in total. The maximum absolute atomic E-state index is 11.2. The lowest BCUT2D eigenvalue weighted by atomic mass is 10.2. The summed E-state index contributed by atoms with van der Waals surface area (Å²) in [6.07, 6.45) is 0.171. The summed E-state index contributed by atoms with van der Waals surface area (Å²) in [5.74, 6) is -0.300. The summed E-state index contributed by atoms with van der Waals surface area (Å²) < 4.78 is 6.30. The number of carbonyl (C=O) groups excluding carboxylic acids is 1. The number of esters is 1. The van der Waals surface area contributed by atoms with Crippen molar-refractivity contribution in [3.8, 4) is 0 Å². The van der Waals surface area contributed by atoms with E-state index in [0.717, 1.165) is 10.9 Å². The molecule has 0 amide bonds. The fourth-order valence-corrected chi connectivity index (χ4v) is 2.28. The van der Waals surface area contributed by atoms with Crippen molar-refractivity contribution in [2.75, 3.05) is 7.11 Å². The van der Waals surface area contributed by atoms with Crippen LogP contribution in [0.4, 0.5) is 0 Å². The Morgan fingerprint density at radius 3 is 3.06 bits per heavy atom.